The number of halogens is 3. The van der Waals surface area contributed by atoms with Crippen molar-refractivity contribution in [2.24, 2.45) is 0 Å². The number of rotatable bonds is 4. The van der Waals surface area contributed by atoms with Gasteiger partial charge in [-0.25, -0.2) is 4.79 Å². The van der Waals surface area contributed by atoms with Gasteiger partial charge in [-0.3, -0.25) is 0 Å². The number of aromatic carboxylic acids is 1. The number of carbonyl (C=O) groups is 1. The normalized spacial score (nSPS) is 9.53. The van der Waals surface area contributed by atoms with E-state index in [1.54, 1.807) is 12.1 Å². The summed E-state index contributed by atoms with van der Waals surface area (Å²) in [5.74, 6) is -0.956. The molecule has 8 heteroatoms. The van der Waals surface area contributed by atoms with Crippen molar-refractivity contribution in [3.8, 4) is 0 Å². The molecule has 0 aliphatic heterocycles. The molecule has 15 heavy (non-hydrogen) atoms. The number of hydrogen-bond acceptors (Lipinski definition) is 4. The Bertz CT molecular complexity index is 386. The molecule has 0 spiro atoms. The van der Waals surface area contributed by atoms with E-state index in [9.17, 15) is 4.79 Å². The fourth-order valence-corrected chi connectivity index (χ4v) is 2.63. The van der Waals surface area contributed by atoms with Gasteiger partial charge in [-0.1, -0.05) is 0 Å². The van der Waals surface area contributed by atoms with Gasteiger partial charge in [0.1, 0.15) is 0 Å². The highest BCUT2D eigenvalue weighted by Crippen LogP contribution is 2.36. The van der Waals surface area contributed by atoms with Crippen LogP contribution in [0, 0.1) is 0 Å². The van der Waals surface area contributed by atoms with E-state index in [1.165, 1.54) is 0 Å². The van der Waals surface area contributed by atoms with E-state index >= 15 is 0 Å². The van der Waals surface area contributed by atoms with E-state index in [0.717, 1.165) is 11.4 Å². The third-order valence-corrected chi connectivity index (χ3v) is 3.39. The van der Waals surface area contributed by atoms with Gasteiger partial charge in [-0.05, 0) is 12.1 Å². The summed E-state index contributed by atoms with van der Waals surface area (Å²) in [6, 6.07) is 3.27. The Hall–Kier alpha value is 0.280. The molecular formula is C7H6I3N3O2. The van der Waals surface area contributed by atoms with Crippen LogP contribution in [0.5, 0.6) is 0 Å². The number of benzene rings is 1. The SMILES string of the molecule is O=C(O)c1ccc(NI)c(NI)c1NI. The van der Waals surface area contributed by atoms with Crippen LogP contribution in [0.2, 0.25) is 0 Å². The van der Waals surface area contributed by atoms with Crippen molar-refractivity contribution in [1.82, 2.24) is 0 Å². The second kappa shape index (κ2) is 6.12. The molecule has 1 rings (SSSR count). The molecule has 0 unspecified atom stereocenters. The van der Waals surface area contributed by atoms with Crippen LogP contribution in [0.3, 0.4) is 0 Å². The molecule has 0 atom stereocenters. The standard InChI is InChI=1S/C7H6I3N3O2/c8-11-4-2-1-3(7(14)15)5(12-9)6(4)13-10/h1-2,11-13H,(H,14,15). The van der Waals surface area contributed by atoms with Gasteiger partial charge in [0.05, 0.1) is 91.2 Å². The molecule has 0 saturated heterocycles. The quantitative estimate of drug-likeness (QED) is 0.344. The summed E-state index contributed by atoms with van der Waals surface area (Å²) in [6.45, 7) is 0. The molecule has 0 radical (unpaired) electrons. The average Bonchev–Trinajstić information content (AvgIpc) is 2.26. The Morgan fingerprint density at radius 1 is 1.07 bits per heavy atom. The maximum absolute atomic E-state index is 11.0. The van der Waals surface area contributed by atoms with Crippen molar-refractivity contribution >= 4 is 91.6 Å². The van der Waals surface area contributed by atoms with Gasteiger partial charge in [0.25, 0.3) is 0 Å². The monoisotopic (exact) mass is 545 g/mol. The van der Waals surface area contributed by atoms with Gasteiger partial charge in [-0.15, -0.1) is 0 Å². The minimum Gasteiger partial charge on any atom is -0.478 e. The first-order valence-corrected chi connectivity index (χ1v) is 6.89. The molecule has 82 valence electrons. The lowest BCUT2D eigenvalue weighted by Crippen LogP contribution is -2.03. The topological polar surface area (TPSA) is 73.4 Å². The molecule has 1 aromatic rings. The zero-order valence-electron chi connectivity index (χ0n) is 7.14. The lowest BCUT2D eigenvalue weighted by atomic mass is 10.1. The third-order valence-electron chi connectivity index (χ3n) is 1.73. The van der Waals surface area contributed by atoms with Crippen molar-refractivity contribution in [2.45, 2.75) is 0 Å². The second-order valence-corrected chi connectivity index (χ2v) is 4.12. The zero-order valence-corrected chi connectivity index (χ0v) is 13.6. The molecule has 0 aliphatic carbocycles. The Kier molecular flexibility index (Phi) is 5.45. The summed E-state index contributed by atoms with van der Waals surface area (Å²) >= 11 is 5.86. The average molecular weight is 545 g/mol. The van der Waals surface area contributed by atoms with Gasteiger partial charge in [0, 0.05) is 0 Å². The Morgan fingerprint density at radius 2 is 1.67 bits per heavy atom. The number of carboxylic acids is 1. The van der Waals surface area contributed by atoms with E-state index in [-0.39, 0.29) is 5.56 Å². The summed E-state index contributed by atoms with van der Waals surface area (Å²) in [6.07, 6.45) is 0. The molecule has 0 aliphatic rings. The summed E-state index contributed by atoms with van der Waals surface area (Å²) in [5.41, 5.74) is 2.34. The molecule has 0 bridgehead atoms. The molecular weight excluding hydrogens is 539 g/mol. The zero-order chi connectivity index (χ0) is 11.4. The third kappa shape index (κ3) is 2.89. The molecule has 5 nitrogen and oxygen atoms in total. The number of carboxylic acid groups (broad SMARTS) is 1. The first kappa shape index (κ1) is 13.3. The van der Waals surface area contributed by atoms with E-state index in [2.05, 4.69) is 10.6 Å². The minimum atomic E-state index is -0.956. The largest absolute Gasteiger partial charge is 0.478 e. The van der Waals surface area contributed by atoms with Crippen LogP contribution in [0.1, 0.15) is 10.4 Å². The van der Waals surface area contributed by atoms with Crippen molar-refractivity contribution in [1.29, 1.82) is 0 Å². The van der Waals surface area contributed by atoms with Crippen molar-refractivity contribution in [3.63, 3.8) is 0 Å². The van der Waals surface area contributed by atoms with Crippen LogP contribution in [-0.4, -0.2) is 11.1 Å². The summed E-state index contributed by atoms with van der Waals surface area (Å²) in [7, 11) is 0. The van der Waals surface area contributed by atoms with Gasteiger partial charge < -0.3 is 15.7 Å². The molecule has 0 saturated carbocycles. The van der Waals surface area contributed by atoms with Crippen LogP contribution < -0.4 is 10.6 Å². The Morgan fingerprint density at radius 3 is 2.07 bits per heavy atom. The van der Waals surface area contributed by atoms with Crippen molar-refractivity contribution < 1.29 is 9.90 Å². The summed E-state index contributed by atoms with van der Waals surface area (Å²) in [5, 5.41) is 8.98. The maximum Gasteiger partial charge on any atom is 0.337 e. The highest BCUT2D eigenvalue weighted by atomic mass is 127. The first-order chi connectivity index (χ1) is 7.15. The molecule has 0 heterocycles. The molecule has 4 N–H and O–H groups in total. The van der Waals surface area contributed by atoms with Crippen molar-refractivity contribution in [2.75, 3.05) is 10.6 Å². The van der Waals surface area contributed by atoms with Gasteiger partial charge in [-0.2, -0.15) is 0 Å². The highest BCUT2D eigenvalue weighted by molar-refractivity contribution is 14.1. The van der Waals surface area contributed by atoms with E-state index < -0.39 is 5.97 Å². The van der Waals surface area contributed by atoms with Gasteiger partial charge in [0.2, 0.25) is 0 Å². The molecule has 0 aromatic heterocycles. The predicted molar refractivity (Wildman–Crippen MR) is 86.3 cm³/mol. The Labute approximate surface area is 128 Å². The van der Waals surface area contributed by atoms with E-state index in [4.69, 9.17) is 5.11 Å². The lowest BCUT2D eigenvalue weighted by Gasteiger charge is -2.13. The number of anilines is 3. The van der Waals surface area contributed by atoms with E-state index in [1.807, 2.05) is 68.6 Å². The predicted octanol–water partition coefficient (Wildman–Crippen LogP) is 3.67. The maximum atomic E-state index is 11.0. The fourth-order valence-electron chi connectivity index (χ4n) is 1.06. The van der Waals surface area contributed by atoms with Crippen LogP contribution in [0.25, 0.3) is 0 Å². The second-order valence-electron chi connectivity index (χ2n) is 2.50. The summed E-state index contributed by atoms with van der Waals surface area (Å²) < 4.78 is 8.74. The fraction of sp³-hybridized carbons (Fsp3) is 0. The summed E-state index contributed by atoms with van der Waals surface area (Å²) in [4.78, 5) is 11.0. The number of nitrogens with one attached hydrogen (secondary N) is 3. The first-order valence-electron chi connectivity index (χ1n) is 3.66. The molecule has 0 amide bonds. The van der Waals surface area contributed by atoms with Crippen molar-refractivity contribution in [3.05, 3.63) is 17.7 Å². The van der Waals surface area contributed by atoms with E-state index in [0.29, 0.717) is 5.69 Å². The molecule has 1 aromatic carbocycles. The Balaban J connectivity index is 3.40. The smallest absolute Gasteiger partial charge is 0.337 e. The van der Waals surface area contributed by atoms with Crippen LogP contribution in [0.15, 0.2) is 12.1 Å². The highest BCUT2D eigenvalue weighted by Gasteiger charge is 2.16. The van der Waals surface area contributed by atoms with Crippen LogP contribution >= 0.6 is 68.6 Å². The van der Waals surface area contributed by atoms with Crippen LogP contribution in [-0.2, 0) is 0 Å². The van der Waals surface area contributed by atoms with Gasteiger partial charge >= 0.3 is 5.97 Å². The van der Waals surface area contributed by atoms with Gasteiger partial charge in [0.15, 0.2) is 0 Å². The lowest BCUT2D eigenvalue weighted by molar-refractivity contribution is 0.0698. The minimum absolute atomic E-state index is 0.235. The van der Waals surface area contributed by atoms with Crippen LogP contribution in [0.4, 0.5) is 17.1 Å². The number of hydrogen-bond donors (Lipinski definition) is 4. The molecule has 0 fully saturated rings.